The predicted octanol–water partition coefficient (Wildman–Crippen LogP) is 6.27. The minimum absolute atomic E-state index is 0.629. The number of para-hydroxylation sites is 2. The van der Waals surface area contributed by atoms with Crippen molar-refractivity contribution < 1.29 is 4.74 Å². The van der Waals surface area contributed by atoms with Crippen molar-refractivity contribution >= 4 is 11.4 Å². The van der Waals surface area contributed by atoms with Gasteiger partial charge in [-0.3, -0.25) is 5.10 Å². The highest BCUT2D eigenvalue weighted by Gasteiger charge is 2.27. The van der Waals surface area contributed by atoms with Crippen LogP contribution in [0.4, 0.5) is 11.4 Å². The first-order valence-electron chi connectivity index (χ1n) is 10.8. The Balaban J connectivity index is 1.58. The lowest BCUT2D eigenvalue weighted by Crippen LogP contribution is -2.29. The number of aromatic amines is 2. The number of aromatic nitrogens is 3. The van der Waals surface area contributed by atoms with Gasteiger partial charge in [-0.1, -0.05) is 72.8 Å². The number of anilines is 2. The van der Waals surface area contributed by atoms with Gasteiger partial charge in [0.15, 0.2) is 0 Å². The summed E-state index contributed by atoms with van der Waals surface area (Å²) in [4.78, 5) is 5.91. The molecule has 156 valence electrons. The zero-order valence-electron chi connectivity index (χ0n) is 17.5. The Labute approximate surface area is 186 Å². The summed E-state index contributed by atoms with van der Waals surface area (Å²) in [5, 5.41) is 7.65. The fourth-order valence-electron chi connectivity index (χ4n) is 4.44. The van der Waals surface area contributed by atoms with Gasteiger partial charge in [0.2, 0.25) is 0 Å². The van der Waals surface area contributed by atoms with Crippen LogP contribution in [0.3, 0.4) is 0 Å². The lowest BCUT2D eigenvalue weighted by Gasteiger charge is -2.32. The van der Waals surface area contributed by atoms with Crippen LogP contribution in [0.2, 0.25) is 0 Å². The standard InChI is InChI=1S/C27H22N4O/c1-3-9-19(10-4-1)21-18-29-30-25(21)26-27(22(17-28-26)20-11-5-2-6-12-20)31-15-16-32-24-14-8-7-13-23(24)31/h1-14,17-18,28H,15-16H2,(H,29,30). The molecule has 0 unspecified atom stereocenters. The first-order chi connectivity index (χ1) is 15.9. The number of nitrogens with zero attached hydrogens (tertiary/aromatic N) is 2. The zero-order valence-corrected chi connectivity index (χ0v) is 17.5. The second-order valence-electron chi connectivity index (χ2n) is 7.78. The molecule has 0 fully saturated rings. The van der Waals surface area contributed by atoms with Crippen molar-refractivity contribution in [3.05, 3.63) is 97.3 Å². The van der Waals surface area contributed by atoms with E-state index in [1.54, 1.807) is 0 Å². The Kier molecular flexibility index (Phi) is 4.50. The molecule has 0 saturated heterocycles. The van der Waals surface area contributed by atoms with Gasteiger partial charge in [-0.15, -0.1) is 0 Å². The molecule has 0 saturated carbocycles. The predicted molar refractivity (Wildman–Crippen MR) is 128 cm³/mol. The molecule has 0 atom stereocenters. The topological polar surface area (TPSA) is 56.9 Å². The third kappa shape index (κ3) is 3.06. The number of hydrogen-bond acceptors (Lipinski definition) is 3. The van der Waals surface area contributed by atoms with E-state index in [9.17, 15) is 0 Å². The fraction of sp³-hybridized carbons (Fsp3) is 0.0741. The molecule has 0 bridgehead atoms. The van der Waals surface area contributed by atoms with Crippen LogP contribution in [0.5, 0.6) is 5.75 Å². The van der Waals surface area contributed by atoms with Crippen molar-refractivity contribution in [3.8, 4) is 39.4 Å². The van der Waals surface area contributed by atoms with E-state index in [1.807, 2.05) is 30.5 Å². The maximum absolute atomic E-state index is 5.95. The maximum Gasteiger partial charge on any atom is 0.143 e. The van der Waals surface area contributed by atoms with Crippen molar-refractivity contribution in [1.82, 2.24) is 15.2 Å². The quantitative estimate of drug-likeness (QED) is 0.362. The van der Waals surface area contributed by atoms with Crippen LogP contribution in [0.15, 0.2) is 97.3 Å². The molecule has 6 rings (SSSR count). The van der Waals surface area contributed by atoms with Crippen LogP contribution in [-0.2, 0) is 0 Å². The van der Waals surface area contributed by atoms with Gasteiger partial charge >= 0.3 is 0 Å². The van der Waals surface area contributed by atoms with Gasteiger partial charge in [0.05, 0.1) is 35.5 Å². The van der Waals surface area contributed by atoms with Crippen molar-refractivity contribution in [3.63, 3.8) is 0 Å². The number of nitrogens with one attached hydrogen (secondary N) is 2. The second-order valence-corrected chi connectivity index (χ2v) is 7.78. The third-order valence-electron chi connectivity index (χ3n) is 5.91. The normalized spacial score (nSPS) is 12.9. The average molecular weight is 419 g/mol. The Morgan fingerprint density at radius 3 is 2.22 bits per heavy atom. The molecule has 2 aromatic heterocycles. The Morgan fingerprint density at radius 1 is 0.750 bits per heavy atom. The minimum atomic E-state index is 0.629. The molecule has 5 aromatic rings. The number of hydrogen-bond donors (Lipinski definition) is 2. The summed E-state index contributed by atoms with van der Waals surface area (Å²) >= 11 is 0. The van der Waals surface area contributed by atoms with Crippen LogP contribution in [0.1, 0.15) is 0 Å². The summed E-state index contributed by atoms with van der Waals surface area (Å²) in [6.45, 7) is 1.39. The monoisotopic (exact) mass is 418 g/mol. The van der Waals surface area contributed by atoms with Crippen LogP contribution in [-0.4, -0.2) is 28.3 Å². The van der Waals surface area contributed by atoms with E-state index in [0.29, 0.717) is 6.61 Å². The van der Waals surface area contributed by atoms with Gasteiger partial charge in [0.25, 0.3) is 0 Å². The smallest absolute Gasteiger partial charge is 0.143 e. The summed E-state index contributed by atoms with van der Waals surface area (Å²) in [5.41, 5.74) is 8.66. The molecule has 2 N–H and O–H groups in total. The SMILES string of the molecule is c1ccc(-c2cn[nH]c2-c2[nH]cc(-c3ccccc3)c2N2CCOc3ccccc32)cc1. The number of benzene rings is 3. The number of fused-ring (bicyclic) bond motifs is 1. The molecule has 1 aliphatic heterocycles. The molecular weight excluding hydrogens is 396 g/mol. The molecular formula is C27H22N4O. The van der Waals surface area contributed by atoms with Gasteiger partial charge in [0, 0.05) is 17.3 Å². The number of H-pyrrole nitrogens is 2. The van der Waals surface area contributed by atoms with Gasteiger partial charge in [-0.2, -0.15) is 5.10 Å². The molecule has 0 amide bonds. The molecule has 1 aliphatic rings. The van der Waals surface area contributed by atoms with E-state index in [1.165, 1.54) is 0 Å². The van der Waals surface area contributed by atoms with E-state index in [4.69, 9.17) is 4.74 Å². The second kappa shape index (κ2) is 7.78. The summed E-state index contributed by atoms with van der Waals surface area (Å²) in [6, 6.07) is 29.1. The van der Waals surface area contributed by atoms with Crippen LogP contribution in [0.25, 0.3) is 33.6 Å². The van der Waals surface area contributed by atoms with Gasteiger partial charge in [0.1, 0.15) is 12.4 Å². The first-order valence-corrected chi connectivity index (χ1v) is 10.8. The van der Waals surface area contributed by atoms with E-state index >= 15 is 0 Å². The van der Waals surface area contributed by atoms with E-state index in [-0.39, 0.29) is 0 Å². The summed E-state index contributed by atoms with van der Waals surface area (Å²) in [5.74, 6) is 0.901. The minimum Gasteiger partial charge on any atom is -0.490 e. The van der Waals surface area contributed by atoms with Gasteiger partial charge < -0.3 is 14.6 Å². The molecule has 32 heavy (non-hydrogen) atoms. The lowest BCUT2D eigenvalue weighted by atomic mass is 10.0. The van der Waals surface area contributed by atoms with Gasteiger partial charge in [-0.05, 0) is 23.3 Å². The third-order valence-corrected chi connectivity index (χ3v) is 5.91. The first kappa shape index (κ1) is 18.5. The molecule has 3 heterocycles. The highest BCUT2D eigenvalue weighted by Crippen LogP contribution is 2.47. The number of ether oxygens (including phenoxy) is 1. The molecule has 5 nitrogen and oxygen atoms in total. The Bertz CT molecular complexity index is 1350. The summed E-state index contributed by atoms with van der Waals surface area (Å²) < 4.78 is 5.95. The van der Waals surface area contributed by atoms with Crippen molar-refractivity contribution in [2.45, 2.75) is 0 Å². The maximum atomic E-state index is 5.95. The number of rotatable bonds is 4. The fourth-order valence-corrected chi connectivity index (χ4v) is 4.44. The van der Waals surface area contributed by atoms with Crippen LogP contribution in [0, 0.1) is 0 Å². The molecule has 0 radical (unpaired) electrons. The summed E-state index contributed by atoms with van der Waals surface area (Å²) in [7, 11) is 0. The van der Waals surface area contributed by atoms with Crippen molar-refractivity contribution in [1.29, 1.82) is 0 Å². The van der Waals surface area contributed by atoms with E-state index in [0.717, 1.165) is 57.3 Å². The molecule has 0 spiro atoms. The lowest BCUT2D eigenvalue weighted by molar-refractivity contribution is 0.314. The highest BCUT2D eigenvalue weighted by atomic mass is 16.5. The van der Waals surface area contributed by atoms with Crippen LogP contribution < -0.4 is 9.64 Å². The molecule has 5 heteroatoms. The largest absolute Gasteiger partial charge is 0.490 e. The summed E-state index contributed by atoms with van der Waals surface area (Å²) in [6.07, 6.45) is 3.98. The molecule has 3 aromatic carbocycles. The zero-order chi connectivity index (χ0) is 21.3. The molecule has 0 aliphatic carbocycles. The van der Waals surface area contributed by atoms with E-state index in [2.05, 4.69) is 86.9 Å². The van der Waals surface area contributed by atoms with Crippen LogP contribution >= 0.6 is 0 Å². The van der Waals surface area contributed by atoms with E-state index < -0.39 is 0 Å². The van der Waals surface area contributed by atoms with Crippen molar-refractivity contribution in [2.75, 3.05) is 18.1 Å². The van der Waals surface area contributed by atoms with Gasteiger partial charge in [-0.25, -0.2) is 0 Å². The highest BCUT2D eigenvalue weighted by molar-refractivity contribution is 5.96. The Morgan fingerprint density at radius 2 is 1.44 bits per heavy atom. The Hall–Kier alpha value is -4.25. The van der Waals surface area contributed by atoms with Crippen molar-refractivity contribution in [2.24, 2.45) is 0 Å². The average Bonchev–Trinajstić information content (AvgIpc) is 3.52.